The second kappa shape index (κ2) is 6.59. The van der Waals surface area contributed by atoms with E-state index in [0.717, 1.165) is 30.2 Å². The lowest BCUT2D eigenvalue weighted by Gasteiger charge is -2.09. The fourth-order valence-electron chi connectivity index (χ4n) is 3.32. The lowest BCUT2D eigenvalue weighted by molar-refractivity contribution is 0.780. The predicted molar refractivity (Wildman–Crippen MR) is 108 cm³/mol. The van der Waals surface area contributed by atoms with E-state index in [0.29, 0.717) is 0 Å². The first-order valence-corrected chi connectivity index (χ1v) is 9.49. The van der Waals surface area contributed by atoms with Crippen LogP contribution in [-0.4, -0.2) is 16.3 Å². The number of hydrogen-bond acceptors (Lipinski definition) is 2. The molecule has 0 bridgehead atoms. The molecule has 4 rings (SSSR count). The first kappa shape index (κ1) is 15.7. The quantitative estimate of drug-likeness (QED) is 0.568. The minimum absolute atomic E-state index is 1.01. The summed E-state index contributed by atoms with van der Waals surface area (Å²) in [6.45, 7) is 3.13. The number of aryl methyl sites for hydroxylation is 1. The van der Waals surface area contributed by atoms with E-state index >= 15 is 0 Å². The number of aromatic nitrogens is 2. The maximum absolute atomic E-state index is 5.01. The molecule has 0 radical (unpaired) electrons. The summed E-state index contributed by atoms with van der Waals surface area (Å²) in [6.07, 6.45) is 3.49. The Balaban J connectivity index is 1.92. The minimum atomic E-state index is 1.01. The van der Waals surface area contributed by atoms with Crippen molar-refractivity contribution < 1.29 is 0 Å². The SMILES string of the molecule is Cc1cccc(-n2nc(-c3cccc(I)c3)c3c2NCCCC3)c1. The van der Waals surface area contributed by atoms with Crippen molar-refractivity contribution in [3.05, 3.63) is 63.2 Å². The van der Waals surface area contributed by atoms with E-state index < -0.39 is 0 Å². The van der Waals surface area contributed by atoms with E-state index in [1.165, 1.54) is 33.1 Å². The number of halogens is 1. The zero-order valence-corrected chi connectivity index (χ0v) is 15.9. The number of nitrogens with zero attached hydrogens (tertiary/aromatic N) is 2. The molecule has 1 aromatic heterocycles. The molecule has 0 unspecified atom stereocenters. The lowest BCUT2D eigenvalue weighted by Crippen LogP contribution is -2.07. The minimum Gasteiger partial charge on any atom is -0.370 e. The molecule has 3 aromatic rings. The van der Waals surface area contributed by atoms with Crippen molar-refractivity contribution in [1.82, 2.24) is 9.78 Å². The second-order valence-electron chi connectivity index (χ2n) is 6.32. The molecule has 0 saturated heterocycles. The third kappa shape index (κ3) is 2.95. The summed E-state index contributed by atoms with van der Waals surface area (Å²) in [6, 6.07) is 17.2. The van der Waals surface area contributed by atoms with Gasteiger partial charge in [0.05, 0.1) is 11.4 Å². The summed E-state index contributed by atoms with van der Waals surface area (Å²) < 4.78 is 3.33. The van der Waals surface area contributed by atoms with Gasteiger partial charge < -0.3 is 5.32 Å². The number of benzene rings is 2. The van der Waals surface area contributed by atoms with Gasteiger partial charge in [-0.2, -0.15) is 5.10 Å². The number of hydrogen-bond donors (Lipinski definition) is 1. The van der Waals surface area contributed by atoms with Crippen LogP contribution in [0.25, 0.3) is 16.9 Å². The average Bonchev–Trinajstić information content (AvgIpc) is 2.76. The van der Waals surface area contributed by atoms with Crippen LogP contribution in [0.4, 0.5) is 5.82 Å². The summed E-state index contributed by atoms with van der Waals surface area (Å²) in [5.74, 6) is 1.16. The van der Waals surface area contributed by atoms with Gasteiger partial charge in [0, 0.05) is 21.2 Å². The van der Waals surface area contributed by atoms with Gasteiger partial charge in [0.25, 0.3) is 0 Å². The fraction of sp³-hybridized carbons (Fsp3) is 0.250. The van der Waals surface area contributed by atoms with Gasteiger partial charge in [0.15, 0.2) is 0 Å². The first-order valence-electron chi connectivity index (χ1n) is 8.41. The van der Waals surface area contributed by atoms with Crippen LogP contribution in [0.2, 0.25) is 0 Å². The third-order valence-corrected chi connectivity index (χ3v) is 5.14. The van der Waals surface area contributed by atoms with Crippen LogP contribution in [-0.2, 0) is 6.42 Å². The van der Waals surface area contributed by atoms with Crippen molar-refractivity contribution in [2.75, 3.05) is 11.9 Å². The monoisotopic (exact) mass is 429 g/mol. The Morgan fingerprint density at radius 1 is 1.08 bits per heavy atom. The van der Waals surface area contributed by atoms with Crippen molar-refractivity contribution in [2.45, 2.75) is 26.2 Å². The highest BCUT2D eigenvalue weighted by Gasteiger charge is 2.21. The van der Waals surface area contributed by atoms with E-state index in [1.807, 2.05) is 0 Å². The Labute approximate surface area is 156 Å². The summed E-state index contributed by atoms with van der Waals surface area (Å²) in [4.78, 5) is 0. The van der Waals surface area contributed by atoms with E-state index in [-0.39, 0.29) is 0 Å². The summed E-state index contributed by atoms with van der Waals surface area (Å²) in [7, 11) is 0. The van der Waals surface area contributed by atoms with E-state index in [1.54, 1.807) is 0 Å². The molecule has 1 N–H and O–H groups in total. The van der Waals surface area contributed by atoms with Gasteiger partial charge in [0.1, 0.15) is 5.82 Å². The van der Waals surface area contributed by atoms with Crippen LogP contribution >= 0.6 is 22.6 Å². The fourth-order valence-corrected chi connectivity index (χ4v) is 3.86. The van der Waals surface area contributed by atoms with E-state index in [4.69, 9.17) is 5.10 Å². The van der Waals surface area contributed by atoms with Gasteiger partial charge in [0.2, 0.25) is 0 Å². The second-order valence-corrected chi connectivity index (χ2v) is 7.57. The van der Waals surface area contributed by atoms with Crippen LogP contribution in [0.5, 0.6) is 0 Å². The molecule has 0 spiro atoms. The van der Waals surface area contributed by atoms with Crippen LogP contribution in [0.15, 0.2) is 48.5 Å². The maximum atomic E-state index is 5.01. The van der Waals surface area contributed by atoms with Crippen LogP contribution < -0.4 is 5.32 Å². The molecule has 2 aromatic carbocycles. The molecule has 0 fully saturated rings. The Kier molecular flexibility index (Phi) is 4.31. The standard InChI is InChI=1S/C20H20IN3/c1-14-6-4-9-17(12-14)24-20-18(10-2-3-11-22-20)19(23-24)15-7-5-8-16(21)13-15/h4-9,12-13,22H,2-3,10-11H2,1H3. The van der Waals surface area contributed by atoms with Gasteiger partial charge >= 0.3 is 0 Å². The molecule has 0 atom stereocenters. The Morgan fingerprint density at radius 3 is 2.79 bits per heavy atom. The molecule has 2 heterocycles. The molecule has 0 amide bonds. The predicted octanol–water partition coefficient (Wildman–Crippen LogP) is 5.20. The summed E-state index contributed by atoms with van der Waals surface area (Å²) in [5, 5.41) is 8.62. The lowest BCUT2D eigenvalue weighted by atomic mass is 10.0. The molecule has 1 aliphatic heterocycles. The van der Waals surface area contributed by atoms with Gasteiger partial charge in [-0.05, 0) is 78.6 Å². The molecule has 3 nitrogen and oxygen atoms in total. The van der Waals surface area contributed by atoms with Gasteiger partial charge in [-0.15, -0.1) is 0 Å². The van der Waals surface area contributed by atoms with Crippen molar-refractivity contribution in [3.8, 4) is 16.9 Å². The van der Waals surface area contributed by atoms with Gasteiger partial charge in [-0.1, -0.05) is 24.3 Å². The highest BCUT2D eigenvalue weighted by molar-refractivity contribution is 14.1. The number of rotatable bonds is 2. The van der Waals surface area contributed by atoms with Crippen molar-refractivity contribution in [2.24, 2.45) is 0 Å². The Hall–Kier alpha value is -1.82. The van der Waals surface area contributed by atoms with Crippen molar-refractivity contribution >= 4 is 28.4 Å². The summed E-state index contributed by atoms with van der Waals surface area (Å²) in [5.41, 5.74) is 6.03. The molecule has 122 valence electrons. The topological polar surface area (TPSA) is 29.9 Å². The largest absolute Gasteiger partial charge is 0.370 e. The number of nitrogens with one attached hydrogen (secondary N) is 1. The molecule has 4 heteroatoms. The molecule has 24 heavy (non-hydrogen) atoms. The smallest absolute Gasteiger partial charge is 0.133 e. The van der Waals surface area contributed by atoms with E-state index in [9.17, 15) is 0 Å². The molecular formula is C20H20IN3. The first-order chi connectivity index (χ1) is 11.7. The molecular weight excluding hydrogens is 409 g/mol. The summed E-state index contributed by atoms with van der Waals surface area (Å²) >= 11 is 2.37. The maximum Gasteiger partial charge on any atom is 0.133 e. The normalized spacial score (nSPS) is 13.9. The van der Waals surface area contributed by atoms with Crippen LogP contribution in [0.3, 0.4) is 0 Å². The average molecular weight is 429 g/mol. The Morgan fingerprint density at radius 2 is 1.96 bits per heavy atom. The Bertz CT molecular complexity index is 812. The van der Waals surface area contributed by atoms with Crippen LogP contribution in [0.1, 0.15) is 24.0 Å². The highest BCUT2D eigenvalue weighted by Crippen LogP contribution is 2.34. The van der Waals surface area contributed by atoms with Crippen molar-refractivity contribution in [3.63, 3.8) is 0 Å². The van der Waals surface area contributed by atoms with E-state index in [2.05, 4.69) is 88.0 Å². The molecule has 1 aliphatic rings. The number of anilines is 1. The molecule has 0 aliphatic carbocycles. The molecule has 0 saturated carbocycles. The zero-order chi connectivity index (χ0) is 16.5. The van der Waals surface area contributed by atoms with Crippen molar-refractivity contribution in [1.29, 1.82) is 0 Å². The third-order valence-electron chi connectivity index (χ3n) is 4.47. The number of fused-ring (bicyclic) bond motifs is 1. The van der Waals surface area contributed by atoms with Crippen LogP contribution in [0, 0.1) is 10.5 Å². The highest BCUT2D eigenvalue weighted by atomic mass is 127. The van der Waals surface area contributed by atoms with Gasteiger partial charge in [-0.25, -0.2) is 4.68 Å². The van der Waals surface area contributed by atoms with Gasteiger partial charge in [-0.3, -0.25) is 0 Å². The zero-order valence-electron chi connectivity index (χ0n) is 13.7.